The van der Waals surface area contributed by atoms with E-state index in [-0.39, 0.29) is 17.3 Å². The average Bonchev–Trinajstić information content (AvgIpc) is 3.09. The molecule has 0 fully saturated rings. The molecule has 9 heteroatoms. The minimum Gasteiger partial charge on any atom is -0.384 e. The molecule has 3 rings (SSSR count). The molecule has 0 spiro atoms. The molecule has 158 valence electrons. The standard InChI is InChI=1S/C21H21F3N4O2/c1-13(2)17-12-15-4-3-10-26-19(15)28(17)11-9-18(25)27-30-20(29)14-5-7-16(8-6-14)21(22,23)24/h3-8,10,12-13H,9,11H2,1-2H3,(H2,25,27). The van der Waals surface area contributed by atoms with Crippen LogP contribution in [0.4, 0.5) is 13.2 Å². The number of benzene rings is 1. The van der Waals surface area contributed by atoms with Crippen LogP contribution >= 0.6 is 0 Å². The second kappa shape index (κ2) is 8.56. The maximum absolute atomic E-state index is 12.6. The lowest BCUT2D eigenvalue weighted by Gasteiger charge is -2.12. The van der Waals surface area contributed by atoms with Crippen LogP contribution in [0.3, 0.4) is 0 Å². The number of alkyl halides is 3. The number of rotatable bonds is 6. The summed E-state index contributed by atoms with van der Waals surface area (Å²) in [6, 6.07) is 9.60. The van der Waals surface area contributed by atoms with E-state index in [1.54, 1.807) is 6.20 Å². The molecule has 6 nitrogen and oxygen atoms in total. The fourth-order valence-electron chi connectivity index (χ4n) is 3.04. The molecule has 0 saturated carbocycles. The van der Waals surface area contributed by atoms with Gasteiger partial charge in [-0.15, -0.1) is 0 Å². The second-order valence-corrected chi connectivity index (χ2v) is 7.08. The zero-order valence-electron chi connectivity index (χ0n) is 16.5. The molecule has 3 aromatic rings. The summed E-state index contributed by atoms with van der Waals surface area (Å²) in [4.78, 5) is 21.2. The summed E-state index contributed by atoms with van der Waals surface area (Å²) < 4.78 is 39.8. The van der Waals surface area contributed by atoms with E-state index in [4.69, 9.17) is 10.6 Å². The molecule has 0 saturated heterocycles. The van der Waals surface area contributed by atoms with Gasteiger partial charge in [0.2, 0.25) is 0 Å². The number of halogens is 3. The molecule has 0 unspecified atom stereocenters. The number of hydrogen-bond donors (Lipinski definition) is 1. The van der Waals surface area contributed by atoms with Gasteiger partial charge in [0, 0.05) is 30.2 Å². The summed E-state index contributed by atoms with van der Waals surface area (Å²) in [6.45, 7) is 4.64. The average molecular weight is 418 g/mol. The quantitative estimate of drug-likeness (QED) is 0.272. The monoisotopic (exact) mass is 418 g/mol. The van der Waals surface area contributed by atoms with Gasteiger partial charge in [0.1, 0.15) is 11.5 Å². The van der Waals surface area contributed by atoms with Crippen LogP contribution in [0.5, 0.6) is 0 Å². The third-order valence-corrected chi connectivity index (χ3v) is 4.56. The molecule has 30 heavy (non-hydrogen) atoms. The molecule has 0 aliphatic carbocycles. The molecule has 2 N–H and O–H groups in total. The first-order valence-electron chi connectivity index (χ1n) is 9.32. The van der Waals surface area contributed by atoms with Gasteiger partial charge in [0.15, 0.2) is 0 Å². The molecule has 0 radical (unpaired) electrons. The Hall–Kier alpha value is -3.36. The van der Waals surface area contributed by atoms with Crippen molar-refractivity contribution in [3.05, 3.63) is 65.5 Å². The summed E-state index contributed by atoms with van der Waals surface area (Å²) >= 11 is 0. The van der Waals surface area contributed by atoms with Gasteiger partial charge >= 0.3 is 12.1 Å². The fourth-order valence-corrected chi connectivity index (χ4v) is 3.04. The van der Waals surface area contributed by atoms with E-state index in [1.807, 2.05) is 16.7 Å². The summed E-state index contributed by atoms with van der Waals surface area (Å²) in [5.41, 5.74) is 6.88. The van der Waals surface area contributed by atoms with E-state index in [9.17, 15) is 18.0 Å². The third-order valence-electron chi connectivity index (χ3n) is 4.56. The number of nitrogens with two attached hydrogens (primary N) is 1. The highest BCUT2D eigenvalue weighted by atomic mass is 19.4. The first kappa shape index (κ1) is 21.4. The molecule has 0 bridgehead atoms. The van der Waals surface area contributed by atoms with E-state index in [2.05, 4.69) is 30.1 Å². The number of carbonyl (C=O) groups excluding carboxylic acids is 1. The Bertz CT molecular complexity index is 1070. The Balaban J connectivity index is 1.65. The molecule has 0 amide bonds. The smallest absolute Gasteiger partial charge is 0.384 e. The van der Waals surface area contributed by atoms with Gasteiger partial charge < -0.3 is 15.1 Å². The van der Waals surface area contributed by atoms with Crippen molar-refractivity contribution in [2.24, 2.45) is 10.9 Å². The van der Waals surface area contributed by atoms with Gasteiger partial charge in [-0.1, -0.05) is 19.0 Å². The summed E-state index contributed by atoms with van der Waals surface area (Å²) in [5, 5.41) is 4.63. The Morgan fingerprint density at radius 2 is 1.93 bits per heavy atom. The number of aryl methyl sites for hydroxylation is 1. The molecular weight excluding hydrogens is 397 g/mol. The van der Waals surface area contributed by atoms with Gasteiger partial charge in [-0.3, -0.25) is 0 Å². The van der Waals surface area contributed by atoms with Gasteiger partial charge in [-0.25, -0.2) is 9.78 Å². The van der Waals surface area contributed by atoms with Crippen LogP contribution in [0.2, 0.25) is 0 Å². The Morgan fingerprint density at radius 1 is 1.23 bits per heavy atom. The predicted octanol–water partition coefficient (Wildman–Crippen LogP) is 4.70. The van der Waals surface area contributed by atoms with Crippen LogP contribution in [0.25, 0.3) is 11.0 Å². The molecule has 2 aromatic heterocycles. The molecule has 0 aliphatic rings. The van der Waals surface area contributed by atoms with Crippen molar-refractivity contribution >= 4 is 22.8 Å². The number of aromatic nitrogens is 2. The Kier molecular flexibility index (Phi) is 6.09. The SMILES string of the molecule is CC(C)c1cc2cccnc2n1CC/C(N)=N\OC(=O)c1ccc(C(F)(F)F)cc1. The van der Waals surface area contributed by atoms with Crippen LogP contribution in [-0.2, 0) is 17.6 Å². The maximum Gasteiger partial charge on any atom is 0.416 e. The number of nitrogens with zero attached hydrogens (tertiary/aromatic N) is 3. The van der Waals surface area contributed by atoms with Crippen molar-refractivity contribution < 1.29 is 22.8 Å². The highest BCUT2D eigenvalue weighted by molar-refractivity contribution is 5.90. The number of carbonyl (C=O) groups is 1. The van der Waals surface area contributed by atoms with Crippen molar-refractivity contribution in [1.82, 2.24) is 9.55 Å². The summed E-state index contributed by atoms with van der Waals surface area (Å²) in [5.74, 6) is -0.528. The summed E-state index contributed by atoms with van der Waals surface area (Å²) in [6.07, 6.45) is -2.45. The van der Waals surface area contributed by atoms with Gasteiger partial charge in [0.25, 0.3) is 0 Å². The largest absolute Gasteiger partial charge is 0.416 e. The fraction of sp³-hybridized carbons (Fsp3) is 0.286. The van der Waals surface area contributed by atoms with E-state index in [0.717, 1.165) is 41.0 Å². The first-order valence-corrected chi connectivity index (χ1v) is 9.32. The van der Waals surface area contributed by atoms with Gasteiger partial charge in [0.05, 0.1) is 11.1 Å². The molecule has 1 aromatic carbocycles. The highest BCUT2D eigenvalue weighted by Crippen LogP contribution is 2.29. The van der Waals surface area contributed by atoms with E-state index >= 15 is 0 Å². The normalized spacial score (nSPS) is 12.5. The highest BCUT2D eigenvalue weighted by Gasteiger charge is 2.30. The van der Waals surface area contributed by atoms with Crippen LogP contribution in [0.15, 0.2) is 53.8 Å². The third kappa shape index (κ3) is 4.79. The van der Waals surface area contributed by atoms with E-state index in [0.29, 0.717) is 13.0 Å². The topological polar surface area (TPSA) is 82.5 Å². The molecule has 0 atom stereocenters. The van der Waals surface area contributed by atoms with Crippen LogP contribution < -0.4 is 5.73 Å². The molecule has 2 heterocycles. The van der Waals surface area contributed by atoms with Crippen molar-refractivity contribution in [3.63, 3.8) is 0 Å². The number of hydrogen-bond acceptors (Lipinski definition) is 4. The predicted molar refractivity (Wildman–Crippen MR) is 107 cm³/mol. The van der Waals surface area contributed by atoms with Crippen molar-refractivity contribution in [3.8, 4) is 0 Å². The number of fused-ring (bicyclic) bond motifs is 1. The lowest BCUT2D eigenvalue weighted by Crippen LogP contribution is -2.17. The van der Waals surface area contributed by atoms with Crippen molar-refractivity contribution in [1.29, 1.82) is 0 Å². The Labute approximate surface area is 171 Å². The van der Waals surface area contributed by atoms with Crippen LogP contribution in [0, 0.1) is 0 Å². The lowest BCUT2D eigenvalue weighted by molar-refractivity contribution is -0.137. The van der Waals surface area contributed by atoms with E-state index in [1.165, 1.54) is 0 Å². The van der Waals surface area contributed by atoms with Crippen LogP contribution in [0.1, 0.15) is 47.8 Å². The zero-order chi connectivity index (χ0) is 21.9. The number of oxime groups is 1. The molecular formula is C21H21F3N4O2. The minimum absolute atomic E-state index is 0.0535. The summed E-state index contributed by atoms with van der Waals surface area (Å²) in [7, 11) is 0. The minimum atomic E-state index is -4.47. The van der Waals surface area contributed by atoms with Crippen LogP contribution in [-0.4, -0.2) is 21.4 Å². The lowest BCUT2D eigenvalue weighted by atomic mass is 10.1. The number of pyridine rings is 1. The first-order chi connectivity index (χ1) is 14.2. The van der Waals surface area contributed by atoms with Crippen molar-refractivity contribution in [2.75, 3.05) is 0 Å². The van der Waals surface area contributed by atoms with Gasteiger partial charge in [-0.05, 0) is 48.4 Å². The maximum atomic E-state index is 12.6. The number of amidine groups is 1. The second-order valence-electron chi connectivity index (χ2n) is 7.08. The van der Waals surface area contributed by atoms with E-state index < -0.39 is 17.7 Å². The Morgan fingerprint density at radius 3 is 2.57 bits per heavy atom. The van der Waals surface area contributed by atoms with Gasteiger partial charge in [-0.2, -0.15) is 13.2 Å². The molecule has 0 aliphatic heterocycles. The zero-order valence-corrected chi connectivity index (χ0v) is 16.5. The van der Waals surface area contributed by atoms with Crippen molar-refractivity contribution in [2.45, 2.75) is 38.9 Å².